The van der Waals surface area contributed by atoms with Gasteiger partial charge < -0.3 is 9.31 Å². The largest absolute Gasteiger partial charge is 0.469 e. The van der Waals surface area contributed by atoms with E-state index in [9.17, 15) is 0 Å². The lowest BCUT2D eigenvalue weighted by atomic mass is 9.64. The van der Waals surface area contributed by atoms with Crippen molar-refractivity contribution in [2.45, 2.75) is 64.0 Å². The van der Waals surface area contributed by atoms with Crippen molar-refractivity contribution >= 4 is 7.12 Å². The van der Waals surface area contributed by atoms with Gasteiger partial charge in [0.25, 0.3) is 0 Å². The number of nitrogens with zero attached hydrogens (tertiary/aromatic N) is 1. The molecule has 1 aromatic rings. The van der Waals surface area contributed by atoms with Crippen LogP contribution >= 0.6 is 0 Å². The number of aryl methyl sites for hydroxylation is 1. The van der Waals surface area contributed by atoms with Gasteiger partial charge in [-0.05, 0) is 59.1 Å². The quantitative estimate of drug-likeness (QED) is 0.765. The lowest BCUT2D eigenvalue weighted by Gasteiger charge is -2.32. The number of hydrogen-bond donors (Lipinski definition) is 0. The molecule has 2 fully saturated rings. The highest BCUT2D eigenvalue weighted by molar-refractivity contribution is 6.51. The highest BCUT2D eigenvalue weighted by Crippen LogP contribution is 2.55. The molecule has 0 spiro atoms. The third-order valence-electron chi connectivity index (χ3n) is 5.04. The maximum atomic E-state index is 6.25. The second-order valence-electron chi connectivity index (χ2n) is 6.88. The molecular weight excluding hydrogens is 237 g/mol. The Bertz CT molecular complexity index is 493. The van der Waals surface area contributed by atoms with E-state index in [4.69, 9.17) is 9.31 Å². The van der Waals surface area contributed by atoms with E-state index in [0.717, 1.165) is 18.5 Å². The first-order valence-electron chi connectivity index (χ1n) is 7.06. The zero-order valence-electron chi connectivity index (χ0n) is 12.5. The summed E-state index contributed by atoms with van der Waals surface area (Å²) in [5.41, 5.74) is 1.86. The van der Waals surface area contributed by atoms with Gasteiger partial charge in [-0.1, -0.05) is 6.07 Å². The van der Waals surface area contributed by atoms with Crippen LogP contribution in [0.15, 0.2) is 18.3 Å². The third kappa shape index (κ3) is 1.84. The second-order valence-corrected chi connectivity index (χ2v) is 6.88. The summed E-state index contributed by atoms with van der Waals surface area (Å²) in [6, 6.07) is 4.17. The molecule has 1 aromatic heterocycles. The Balaban J connectivity index is 1.94. The second kappa shape index (κ2) is 3.83. The molecular formula is C15H22BNO2. The summed E-state index contributed by atoms with van der Waals surface area (Å²) in [5.74, 6) is 0. The fraction of sp³-hybridized carbons (Fsp3) is 0.667. The van der Waals surface area contributed by atoms with E-state index in [0.29, 0.717) is 0 Å². The lowest BCUT2D eigenvalue weighted by molar-refractivity contribution is 0.00578. The van der Waals surface area contributed by atoms with Crippen LogP contribution in [0.25, 0.3) is 0 Å². The Morgan fingerprint density at radius 3 is 2.16 bits per heavy atom. The Kier molecular flexibility index (Phi) is 2.65. The summed E-state index contributed by atoms with van der Waals surface area (Å²) in [5, 5.41) is 0.0172. The zero-order valence-corrected chi connectivity index (χ0v) is 12.5. The highest BCUT2D eigenvalue weighted by Gasteiger charge is 2.65. The molecule has 1 saturated carbocycles. The standard InChI is InChI=1S/C15H22BNO2/c1-11-12(7-6-10-17-11)15(8-9-15)16-18-13(2,3)14(4,5)19-16/h6-7,10H,8-9H2,1-5H3. The molecule has 0 radical (unpaired) electrons. The molecule has 0 bridgehead atoms. The van der Waals surface area contributed by atoms with Crippen molar-refractivity contribution in [3.8, 4) is 0 Å². The Morgan fingerprint density at radius 2 is 1.68 bits per heavy atom. The van der Waals surface area contributed by atoms with Gasteiger partial charge in [-0.2, -0.15) is 0 Å². The van der Waals surface area contributed by atoms with Gasteiger partial charge in [-0.15, -0.1) is 0 Å². The molecule has 102 valence electrons. The van der Waals surface area contributed by atoms with Crippen LogP contribution in [0.2, 0.25) is 0 Å². The number of rotatable bonds is 2. The van der Waals surface area contributed by atoms with Crippen LogP contribution in [-0.4, -0.2) is 23.3 Å². The van der Waals surface area contributed by atoms with Crippen molar-refractivity contribution in [2.24, 2.45) is 0 Å². The summed E-state index contributed by atoms with van der Waals surface area (Å²) in [6.07, 6.45) is 4.09. The van der Waals surface area contributed by atoms with Crippen molar-refractivity contribution in [1.82, 2.24) is 4.98 Å². The predicted octanol–water partition coefficient (Wildman–Crippen LogP) is 3.05. The molecule has 1 aliphatic carbocycles. The van der Waals surface area contributed by atoms with Gasteiger partial charge in [0.15, 0.2) is 0 Å². The van der Waals surface area contributed by atoms with Crippen molar-refractivity contribution in [1.29, 1.82) is 0 Å². The normalized spacial score (nSPS) is 26.5. The van der Waals surface area contributed by atoms with Crippen molar-refractivity contribution in [3.63, 3.8) is 0 Å². The van der Waals surface area contributed by atoms with E-state index < -0.39 is 0 Å². The van der Waals surface area contributed by atoms with Crippen LogP contribution in [-0.2, 0) is 14.6 Å². The molecule has 3 nitrogen and oxygen atoms in total. The summed E-state index contributed by atoms with van der Waals surface area (Å²) in [7, 11) is -0.152. The minimum Gasteiger partial charge on any atom is -0.403 e. The van der Waals surface area contributed by atoms with E-state index in [2.05, 4.69) is 45.7 Å². The fourth-order valence-electron chi connectivity index (χ4n) is 2.85. The first-order chi connectivity index (χ1) is 8.79. The topological polar surface area (TPSA) is 31.4 Å². The minimum atomic E-state index is -0.261. The fourth-order valence-corrected chi connectivity index (χ4v) is 2.85. The maximum absolute atomic E-state index is 6.25. The van der Waals surface area contributed by atoms with E-state index in [1.807, 2.05) is 12.3 Å². The molecule has 0 atom stereocenters. The first-order valence-corrected chi connectivity index (χ1v) is 7.06. The SMILES string of the molecule is Cc1ncccc1C1(B2OC(C)(C)C(C)(C)O2)CC1. The molecule has 1 saturated heterocycles. The molecule has 0 amide bonds. The van der Waals surface area contributed by atoms with Crippen LogP contribution in [0.5, 0.6) is 0 Å². The van der Waals surface area contributed by atoms with Gasteiger partial charge in [-0.3, -0.25) is 4.98 Å². The Labute approximate surface area is 115 Å². The predicted molar refractivity (Wildman–Crippen MR) is 76.0 cm³/mol. The van der Waals surface area contributed by atoms with Gasteiger partial charge in [0, 0.05) is 17.2 Å². The molecule has 0 aromatic carbocycles. The van der Waals surface area contributed by atoms with Crippen LogP contribution < -0.4 is 0 Å². The molecule has 2 heterocycles. The summed E-state index contributed by atoms with van der Waals surface area (Å²) < 4.78 is 12.5. The molecule has 4 heteroatoms. The highest BCUT2D eigenvalue weighted by atomic mass is 16.7. The lowest BCUT2D eigenvalue weighted by Crippen LogP contribution is -2.41. The van der Waals surface area contributed by atoms with E-state index in [1.165, 1.54) is 5.56 Å². The molecule has 1 aliphatic heterocycles. The summed E-state index contributed by atoms with van der Waals surface area (Å²) in [6.45, 7) is 10.5. The Morgan fingerprint density at radius 1 is 1.11 bits per heavy atom. The molecule has 0 N–H and O–H groups in total. The smallest absolute Gasteiger partial charge is 0.403 e. The van der Waals surface area contributed by atoms with Gasteiger partial charge >= 0.3 is 7.12 Å². The minimum absolute atomic E-state index is 0.0172. The summed E-state index contributed by atoms with van der Waals surface area (Å²) >= 11 is 0. The van der Waals surface area contributed by atoms with Gasteiger partial charge in [0.2, 0.25) is 0 Å². The molecule has 19 heavy (non-hydrogen) atoms. The van der Waals surface area contributed by atoms with Gasteiger partial charge in [-0.25, -0.2) is 0 Å². The number of pyridine rings is 1. The first kappa shape index (κ1) is 13.1. The molecule has 3 rings (SSSR count). The van der Waals surface area contributed by atoms with Crippen molar-refractivity contribution in [3.05, 3.63) is 29.6 Å². The van der Waals surface area contributed by atoms with E-state index >= 15 is 0 Å². The van der Waals surface area contributed by atoms with Crippen LogP contribution in [0.3, 0.4) is 0 Å². The molecule has 2 aliphatic rings. The van der Waals surface area contributed by atoms with Gasteiger partial charge in [0.05, 0.1) is 11.2 Å². The van der Waals surface area contributed by atoms with Crippen molar-refractivity contribution in [2.75, 3.05) is 0 Å². The maximum Gasteiger partial charge on any atom is 0.469 e. The van der Waals surface area contributed by atoms with E-state index in [1.54, 1.807) is 0 Å². The average molecular weight is 259 g/mol. The van der Waals surface area contributed by atoms with Crippen LogP contribution in [0.4, 0.5) is 0 Å². The van der Waals surface area contributed by atoms with Crippen molar-refractivity contribution < 1.29 is 9.31 Å². The summed E-state index contributed by atoms with van der Waals surface area (Å²) in [4.78, 5) is 4.42. The number of hydrogen-bond acceptors (Lipinski definition) is 3. The monoisotopic (exact) mass is 259 g/mol. The van der Waals surface area contributed by atoms with Crippen LogP contribution in [0, 0.1) is 6.92 Å². The van der Waals surface area contributed by atoms with E-state index in [-0.39, 0.29) is 23.6 Å². The molecule has 0 unspecified atom stereocenters. The number of aromatic nitrogens is 1. The average Bonchev–Trinajstić information content (AvgIpc) is 3.05. The van der Waals surface area contributed by atoms with Gasteiger partial charge in [0.1, 0.15) is 0 Å². The van der Waals surface area contributed by atoms with Crippen LogP contribution in [0.1, 0.15) is 51.8 Å². The Hall–Kier alpha value is -0.865. The third-order valence-corrected chi connectivity index (χ3v) is 5.04. The zero-order chi connectivity index (χ0) is 13.9.